The molecule has 0 saturated heterocycles. The van der Waals surface area contributed by atoms with E-state index in [9.17, 15) is 0 Å². The van der Waals surface area contributed by atoms with Crippen molar-refractivity contribution in [3.05, 3.63) is 40.5 Å². The first-order valence-electron chi connectivity index (χ1n) is 4.97. The third-order valence-corrected chi connectivity index (χ3v) is 2.46. The molecule has 0 unspecified atom stereocenters. The fourth-order valence-corrected chi connectivity index (χ4v) is 1.57. The number of nitrogens with zero attached hydrogens (tertiary/aromatic N) is 2. The van der Waals surface area contributed by atoms with Gasteiger partial charge in [-0.15, -0.1) is 10.2 Å². The lowest BCUT2D eigenvalue weighted by Gasteiger charge is -2.02. The van der Waals surface area contributed by atoms with Gasteiger partial charge in [-0.25, -0.2) is 0 Å². The lowest BCUT2D eigenvalue weighted by molar-refractivity contribution is 0.259. The predicted molar refractivity (Wildman–Crippen MR) is 62.2 cm³/mol. The van der Waals surface area contributed by atoms with Gasteiger partial charge in [-0.2, -0.15) is 0 Å². The van der Waals surface area contributed by atoms with E-state index in [1.54, 1.807) is 0 Å². The minimum atomic E-state index is 0.295. The minimum Gasteiger partial charge on any atom is -0.484 e. The first kappa shape index (κ1) is 11.1. The number of hydrogen-bond donors (Lipinski definition) is 0. The van der Waals surface area contributed by atoms with E-state index in [0.717, 1.165) is 16.6 Å². The van der Waals surface area contributed by atoms with E-state index >= 15 is 0 Å². The molecule has 2 rings (SSSR count). The van der Waals surface area contributed by atoms with E-state index in [0.29, 0.717) is 18.4 Å². The Balaban J connectivity index is 1.96. The summed E-state index contributed by atoms with van der Waals surface area (Å²) in [4.78, 5) is 0. The Morgan fingerprint density at radius 1 is 1.31 bits per heavy atom. The highest BCUT2D eigenvalue weighted by Crippen LogP contribution is 2.18. The zero-order valence-corrected chi connectivity index (χ0v) is 10.4. The first-order valence-corrected chi connectivity index (χ1v) is 5.77. The van der Waals surface area contributed by atoms with Crippen LogP contribution in [0.15, 0.2) is 33.2 Å². The normalized spacial score (nSPS) is 10.4. The highest BCUT2D eigenvalue weighted by Gasteiger charge is 2.04. The second-order valence-electron chi connectivity index (χ2n) is 3.19. The summed E-state index contributed by atoms with van der Waals surface area (Å²) >= 11 is 3.37. The third kappa shape index (κ3) is 2.82. The van der Waals surface area contributed by atoms with Gasteiger partial charge in [-0.05, 0) is 18.2 Å². The Morgan fingerprint density at radius 2 is 2.12 bits per heavy atom. The maximum Gasteiger partial charge on any atom is 0.253 e. The first-order chi connectivity index (χ1) is 7.78. The molecule has 0 spiro atoms. The minimum absolute atomic E-state index is 0.295. The monoisotopic (exact) mass is 282 g/mol. The van der Waals surface area contributed by atoms with Crippen molar-refractivity contribution < 1.29 is 9.15 Å². The van der Waals surface area contributed by atoms with Crippen molar-refractivity contribution in [2.75, 3.05) is 0 Å². The second-order valence-corrected chi connectivity index (χ2v) is 4.10. The van der Waals surface area contributed by atoms with E-state index in [-0.39, 0.29) is 0 Å². The molecule has 1 heterocycles. The van der Waals surface area contributed by atoms with Crippen LogP contribution in [0.3, 0.4) is 0 Å². The molecule has 1 aromatic carbocycles. The molecule has 2 aromatic rings. The Hall–Kier alpha value is -1.36. The second kappa shape index (κ2) is 5.12. The van der Waals surface area contributed by atoms with Crippen LogP contribution in [-0.4, -0.2) is 10.2 Å². The molecule has 0 radical (unpaired) electrons. The summed E-state index contributed by atoms with van der Waals surface area (Å²) in [5, 5.41) is 7.73. The Bertz CT molecular complexity index is 471. The highest BCUT2D eigenvalue weighted by molar-refractivity contribution is 9.10. The molecule has 4 nitrogen and oxygen atoms in total. The number of aromatic nitrogens is 2. The summed E-state index contributed by atoms with van der Waals surface area (Å²) in [6, 6.07) is 7.61. The summed E-state index contributed by atoms with van der Waals surface area (Å²) in [5.74, 6) is 1.90. The molecule has 0 N–H and O–H groups in total. The Kier molecular flexibility index (Phi) is 3.56. The smallest absolute Gasteiger partial charge is 0.253 e. The van der Waals surface area contributed by atoms with Gasteiger partial charge in [0.15, 0.2) is 6.61 Å². The lowest BCUT2D eigenvalue weighted by Crippen LogP contribution is -1.95. The van der Waals surface area contributed by atoms with Crippen molar-refractivity contribution in [2.45, 2.75) is 20.0 Å². The SMILES string of the molecule is CCc1nnc(COc2cccc(Br)c2)o1. The Labute approximate surface area is 102 Å². The summed E-state index contributed by atoms with van der Waals surface area (Å²) in [6.45, 7) is 2.26. The zero-order valence-electron chi connectivity index (χ0n) is 8.81. The van der Waals surface area contributed by atoms with Crippen molar-refractivity contribution in [3.63, 3.8) is 0 Å². The topological polar surface area (TPSA) is 48.2 Å². The van der Waals surface area contributed by atoms with Gasteiger partial charge in [-0.1, -0.05) is 28.9 Å². The van der Waals surface area contributed by atoms with Gasteiger partial charge in [-0.3, -0.25) is 0 Å². The maximum absolute atomic E-state index is 5.50. The highest BCUT2D eigenvalue weighted by atomic mass is 79.9. The van der Waals surface area contributed by atoms with Crippen LogP contribution in [-0.2, 0) is 13.0 Å². The third-order valence-electron chi connectivity index (χ3n) is 1.97. The van der Waals surface area contributed by atoms with Crippen LogP contribution >= 0.6 is 15.9 Å². The number of benzene rings is 1. The molecule has 5 heteroatoms. The van der Waals surface area contributed by atoms with E-state index in [1.165, 1.54) is 0 Å². The van der Waals surface area contributed by atoms with Crippen molar-refractivity contribution >= 4 is 15.9 Å². The molecule has 0 amide bonds. The van der Waals surface area contributed by atoms with Crippen LogP contribution < -0.4 is 4.74 Å². The zero-order chi connectivity index (χ0) is 11.4. The van der Waals surface area contributed by atoms with Crippen molar-refractivity contribution in [1.29, 1.82) is 0 Å². The number of rotatable bonds is 4. The number of aryl methyl sites for hydroxylation is 1. The fourth-order valence-electron chi connectivity index (χ4n) is 1.19. The van der Waals surface area contributed by atoms with Crippen LogP contribution in [0, 0.1) is 0 Å². The van der Waals surface area contributed by atoms with Gasteiger partial charge in [0.25, 0.3) is 5.89 Å². The molecule has 16 heavy (non-hydrogen) atoms. The van der Waals surface area contributed by atoms with Gasteiger partial charge >= 0.3 is 0 Å². The Morgan fingerprint density at radius 3 is 2.81 bits per heavy atom. The maximum atomic E-state index is 5.50. The van der Waals surface area contributed by atoms with Gasteiger partial charge in [0.05, 0.1) is 0 Å². The summed E-state index contributed by atoms with van der Waals surface area (Å²) in [6.07, 6.45) is 0.740. The molecule has 0 aliphatic heterocycles. The van der Waals surface area contributed by atoms with Crippen molar-refractivity contribution in [1.82, 2.24) is 10.2 Å². The van der Waals surface area contributed by atoms with Crippen LogP contribution in [0.2, 0.25) is 0 Å². The van der Waals surface area contributed by atoms with Crippen molar-refractivity contribution in [3.8, 4) is 5.75 Å². The van der Waals surface area contributed by atoms with E-state index in [2.05, 4.69) is 26.1 Å². The average molecular weight is 283 g/mol. The van der Waals surface area contributed by atoms with Crippen LogP contribution in [0.25, 0.3) is 0 Å². The van der Waals surface area contributed by atoms with Crippen molar-refractivity contribution in [2.24, 2.45) is 0 Å². The molecule has 84 valence electrons. The van der Waals surface area contributed by atoms with Crippen LogP contribution in [0.1, 0.15) is 18.7 Å². The lowest BCUT2D eigenvalue weighted by atomic mass is 10.3. The molecule has 0 saturated carbocycles. The standard InChI is InChI=1S/C11H11BrN2O2/c1-2-10-13-14-11(16-10)7-15-9-5-3-4-8(12)6-9/h3-6H,2,7H2,1H3. The molecule has 0 aliphatic carbocycles. The van der Waals surface area contributed by atoms with E-state index in [1.807, 2.05) is 31.2 Å². The number of hydrogen-bond acceptors (Lipinski definition) is 4. The fraction of sp³-hybridized carbons (Fsp3) is 0.273. The molecular weight excluding hydrogens is 272 g/mol. The summed E-state index contributed by atoms with van der Waals surface area (Å²) < 4.78 is 11.8. The van der Waals surface area contributed by atoms with Crippen LogP contribution in [0.5, 0.6) is 5.75 Å². The average Bonchev–Trinajstić information content (AvgIpc) is 2.74. The summed E-state index contributed by atoms with van der Waals surface area (Å²) in [5.41, 5.74) is 0. The van der Waals surface area contributed by atoms with Crippen LogP contribution in [0.4, 0.5) is 0 Å². The van der Waals surface area contributed by atoms with E-state index in [4.69, 9.17) is 9.15 Å². The number of halogens is 1. The molecule has 0 aliphatic rings. The number of ether oxygens (including phenoxy) is 1. The molecule has 0 atom stereocenters. The van der Waals surface area contributed by atoms with E-state index < -0.39 is 0 Å². The van der Waals surface area contributed by atoms with Gasteiger partial charge in [0.1, 0.15) is 5.75 Å². The van der Waals surface area contributed by atoms with Gasteiger partial charge < -0.3 is 9.15 Å². The molecular formula is C11H11BrN2O2. The quantitative estimate of drug-likeness (QED) is 0.865. The largest absolute Gasteiger partial charge is 0.484 e. The van der Waals surface area contributed by atoms with Gasteiger partial charge in [0, 0.05) is 10.9 Å². The molecule has 0 bridgehead atoms. The molecule has 1 aromatic heterocycles. The molecule has 0 fully saturated rings. The van der Waals surface area contributed by atoms with Gasteiger partial charge in [0.2, 0.25) is 5.89 Å². The summed E-state index contributed by atoms with van der Waals surface area (Å²) in [7, 11) is 0. The predicted octanol–water partition coefficient (Wildman–Crippen LogP) is 2.97.